The highest BCUT2D eigenvalue weighted by Crippen LogP contribution is 2.21. The molecule has 3 heteroatoms. The third-order valence-electron chi connectivity index (χ3n) is 3.01. The van der Waals surface area contributed by atoms with Crippen LogP contribution in [0, 0.1) is 12.8 Å². The summed E-state index contributed by atoms with van der Waals surface area (Å²) in [5.41, 5.74) is 1.78. The Kier molecular flexibility index (Phi) is 3.53. The number of aliphatic hydroxyl groups is 1. The lowest BCUT2D eigenvalue weighted by atomic mass is 9.99. The Hall–Kier alpha value is -1.61. The molecule has 0 fully saturated rings. The van der Waals surface area contributed by atoms with E-state index in [0.717, 1.165) is 5.56 Å². The Morgan fingerprint density at radius 3 is 2.72 bits per heavy atom. The molecule has 0 aliphatic carbocycles. The van der Waals surface area contributed by atoms with Crippen molar-refractivity contribution >= 4 is 11.0 Å². The largest absolute Gasteiger partial charge is 0.464 e. The molecule has 2 rings (SSSR count). The summed E-state index contributed by atoms with van der Waals surface area (Å²) in [7, 11) is 0. The number of rotatable bonds is 3. The second-order valence-electron chi connectivity index (χ2n) is 5.17. The van der Waals surface area contributed by atoms with E-state index >= 15 is 0 Å². The predicted octanol–water partition coefficient (Wildman–Crippen LogP) is 3.18. The van der Waals surface area contributed by atoms with Gasteiger partial charge in [0.2, 0.25) is 0 Å². The molecule has 1 aromatic heterocycles. The van der Waals surface area contributed by atoms with Gasteiger partial charge in [0.05, 0.1) is 17.1 Å². The minimum Gasteiger partial charge on any atom is -0.464 e. The zero-order chi connectivity index (χ0) is 13.3. The molecule has 0 spiro atoms. The molecule has 96 valence electrons. The zero-order valence-electron chi connectivity index (χ0n) is 10.9. The molecule has 1 N–H and O–H groups in total. The van der Waals surface area contributed by atoms with Crippen molar-refractivity contribution in [2.75, 3.05) is 0 Å². The third kappa shape index (κ3) is 2.46. The highest BCUT2D eigenvalue weighted by Gasteiger charge is 2.16. The van der Waals surface area contributed by atoms with Gasteiger partial charge in [-0.05, 0) is 31.4 Å². The van der Waals surface area contributed by atoms with E-state index in [9.17, 15) is 9.90 Å². The minimum atomic E-state index is -0.758. The molecular formula is C15H18O3. The summed E-state index contributed by atoms with van der Waals surface area (Å²) >= 11 is 0. The molecule has 0 radical (unpaired) electrons. The van der Waals surface area contributed by atoms with Gasteiger partial charge >= 0.3 is 0 Å². The second-order valence-corrected chi connectivity index (χ2v) is 5.17. The normalized spacial score (nSPS) is 13.2. The predicted molar refractivity (Wildman–Crippen MR) is 71.6 cm³/mol. The highest BCUT2D eigenvalue weighted by atomic mass is 16.3. The molecule has 1 aromatic carbocycles. The van der Waals surface area contributed by atoms with Crippen molar-refractivity contribution in [3.05, 3.63) is 45.8 Å². The van der Waals surface area contributed by atoms with Gasteiger partial charge in [0.25, 0.3) is 0 Å². The van der Waals surface area contributed by atoms with Crippen LogP contribution < -0.4 is 5.43 Å². The van der Waals surface area contributed by atoms with E-state index in [1.54, 1.807) is 12.1 Å². The lowest BCUT2D eigenvalue weighted by molar-refractivity contribution is 0.148. The van der Waals surface area contributed by atoms with Crippen LogP contribution in [0.5, 0.6) is 0 Å². The fourth-order valence-corrected chi connectivity index (χ4v) is 2.06. The number of hydrogen-bond donors (Lipinski definition) is 1. The Balaban J connectivity index is 2.53. The topological polar surface area (TPSA) is 50.4 Å². The number of aliphatic hydroxyl groups excluding tert-OH is 1. The molecule has 0 aliphatic heterocycles. The number of hydrogen-bond acceptors (Lipinski definition) is 3. The van der Waals surface area contributed by atoms with Crippen LogP contribution in [0.4, 0.5) is 0 Å². The second kappa shape index (κ2) is 4.94. The SMILES string of the molecule is Cc1ccc2occ(C(O)CC(C)C)c(=O)c2c1. The van der Waals surface area contributed by atoms with E-state index < -0.39 is 6.10 Å². The van der Waals surface area contributed by atoms with Gasteiger partial charge in [0.15, 0.2) is 5.43 Å². The van der Waals surface area contributed by atoms with Gasteiger partial charge in [0, 0.05) is 0 Å². The van der Waals surface area contributed by atoms with E-state index in [4.69, 9.17) is 4.42 Å². The lowest BCUT2D eigenvalue weighted by Gasteiger charge is -2.12. The molecule has 18 heavy (non-hydrogen) atoms. The Labute approximate surface area is 106 Å². The van der Waals surface area contributed by atoms with E-state index in [1.807, 2.05) is 26.8 Å². The third-order valence-corrected chi connectivity index (χ3v) is 3.01. The first-order chi connectivity index (χ1) is 8.49. The number of aryl methyl sites for hydroxylation is 1. The van der Waals surface area contributed by atoms with E-state index in [0.29, 0.717) is 28.9 Å². The number of benzene rings is 1. The van der Waals surface area contributed by atoms with E-state index in [1.165, 1.54) is 6.26 Å². The minimum absolute atomic E-state index is 0.131. The van der Waals surface area contributed by atoms with Gasteiger partial charge in [-0.1, -0.05) is 25.5 Å². The highest BCUT2D eigenvalue weighted by molar-refractivity contribution is 5.77. The summed E-state index contributed by atoms with van der Waals surface area (Å²) in [5, 5.41) is 10.6. The summed E-state index contributed by atoms with van der Waals surface area (Å²) in [4.78, 5) is 12.3. The summed E-state index contributed by atoms with van der Waals surface area (Å²) in [6, 6.07) is 5.48. The van der Waals surface area contributed by atoms with Crippen molar-refractivity contribution in [1.29, 1.82) is 0 Å². The fourth-order valence-electron chi connectivity index (χ4n) is 2.06. The Morgan fingerprint density at radius 1 is 1.33 bits per heavy atom. The van der Waals surface area contributed by atoms with Crippen molar-refractivity contribution in [2.24, 2.45) is 5.92 Å². The van der Waals surface area contributed by atoms with Crippen LogP contribution in [0.25, 0.3) is 11.0 Å². The van der Waals surface area contributed by atoms with Crippen LogP contribution in [0.2, 0.25) is 0 Å². The summed E-state index contributed by atoms with van der Waals surface area (Å²) in [6.45, 7) is 5.95. The van der Waals surface area contributed by atoms with Crippen molar-refractivity contribution in [2.45, 2.75) is 33.3 Å². The molecule has 0 aliphatic rings. The molecule has 3 nitrogen and oxygen atoms in total. The molecular weight excluding hydrogens is 228 g/mol. The molecule has 0 bridgehead atoms. The van der Waals surface area contributed by atoms with Crippen molar-refractivity contribution < 1.29 is 9.52 Å². The zero-order valence-corrected chi connectivity index (χ0v) is 10.9. The molecule has 1 atom stereocenters. The van der Waals surface area contributed by atoms with Gasteiger partial charge in [-0.3, -0.25) is 4.79 Å². The molecule has 1 unspecified atom stereocenters. The molecule has 0 saturated carbocycles. The van der Waals surface area contributed by atoms with E-state index in [-0.39, 0.29) is 5.43 Å². The van der Waals surface area contributed by atoms with Crippen molar-refractivity contribution in [1.82, 2.24) is 0 Å². The van der Waals surface area contributed by atoms with Gasteiger partial charge in [0.1, 0.15) is 11.8 Å². The van der Waals surface area contributed by atoms with Crippen LogP contribution in [-0.2, 0) is 0 Å². The van der Waals surface area contributed by atoms with Crippen molar-refractivity contribution in [3.8, 4) is 0 Å². The maximum absolute atomic E-state index is 12.3. The monoisotopic (exact) mass is 246 g/mol. The maximum Gasteiger partial charge on any atom is 0.198 e. The molecule has 2 aromatic rings. The van der Waals surface area contributed by atoms with Gasteiger partial charge < -0.3 is 9.52 Å². The van der Waals surface area contributed by atoms with Crippen LogP contribution in [0.15, 0.2) is 33.7 Å². The Morgan fingerprint density at radius 2 is 2.06 bits per heavy atom. The molecule has 0 amide bonds. The van der Waals surface area contributed by atoms with Gasteiger partial charge in [-0.15, -0.1) is 0 Å². The first-order valence-electron chi connectivity index (χ1n) is 6.19. The first kappa shape index (κ1) is 12.8. The van der Waals surface area contributed by atoms with Gasteiger partial charge in [-0.2, -0.15) is 0 Å². The van der Waals surface area contributed by atoms with Crippen LogP contribution in [0.3, 0.4) is 0 Å². The average molecular weight is 246 g/mol. The standard InChI is InChI=1S/C15H18O3/c1-9(2)6-13(16)12-8-18-14-5-4-10(3)7-11(14)15(12)17/h4-5,7-9,13,16H,6H2,1-3H3. The number of fused-ring (bicyclic) bond motifs is 1. The molecule has 0 saturated heterocycles. The smallest absolute Gasteiger partial charge is 0.198 e. The first-order valence-corrected chi connectivity index (χ1v) is 6.19. The van der Waals surface area contributed by atoms with Crippen LogP contribution in [0.1, 0.15) is 37.5 Å². The van der Waals surface area contributed by atoms with Gasteiger partial charge in [-0.25, -0.2) is 0 Å². The quantitative estimate of drug-likeness (QED) is 0.904. The van der Waals surface area contributed by atoms with Crippen LogP contribution >= 0.6 is 0 Å². The molecule has 1 heterocycles. The summed E-state index contributed by atoms with van der Waals surface area (Å²) in [6.07, 6.45) is 1.18. The summed E-state index contributed by atoms with van der Waals surface area (Å²) < 4.78 is 5.42. The Bertz CT molecular complexity index is 611. The van der Waals surface area contributed by atoms with Crippen molar-refractivity contribution in [3.63, 3.8) is 0 Å². The summed E-state index contributed by atoms with van der Waals surface area (Å²) in [5.74, 6) is 0.326. The lowest BCUT2D eigenvalue weighted by Crippen LogP contribution is -2.14. The maximum atomic E-state index is 12.3. The average Bonchev–Trinajstić information content (AvgIpc) is 2.29. The van der Waals surface area contributed by atoms with E-state index in [2.05, 4.69) is 0 Å². The van der Waals surface area contributed by atoms with Crippen LogP contribution in [-0.4, -0.2) is 5.11 Å². The fraction of sp³-hybridized carbons (Fsp3) is 0.400.